The van der Waals surface area contributed by atoms with Gasteiger partial charge in [-0.2, -0.15) is 4.98 Å². The van der Waals surface area contributed by atoms with Crippen LogP contribution in [-0.4, -0.2) is 41.3 Å². The summed E-state index contributed by atoms with van der Waals surface area (Å²) in [5, 5.41) is 4.57. The molecule has 1 aromatic heterocycles. The van der Waals surface area contributed by atoms with Crippen LogP contribution in [0.4, 0.5) is 0 Å². The van der Waals surface area contributed by atoms with Gasteiger partial charge in [0.15, 0.2) is 5.79 Å². The molecule has 1 fully saturated rings. The highest BCUT2D eigenvalue weighted by Gasteiger charge is 2.32. The average Bonchev–Trinajstić information content (AvgIpc) is 3.35. The van der Waals surface area contributed by atoms with Crippen LogP contribution in [0.25, 0.3) is 22.8 Å². The van der Waals surface area contributed by atoms with Gasteiger partial charge in [-0.1, -0.05) is 16.8 Å². The van der Waals surface area contributed by atoms with Gasteiger partial charge in [0.05, 0.1) is 17.7 Å². The maximum atomic E-state index is 6.32. The third-order valence-corrected chi connectivity index (χ3v) is 4.88. The first-order chi connectivity index (χ1) is 14.8. The maximum absolute atomic E-state index is 6.32. The van der Waals surface area contributed by atoms with Crippen molar-refractivity contribution in [2.75, 3.05) is 13.2 Å². The summed E-state index contributed by atoms with van der Waals surface area (Å²) in [4.78, 5) is 4.48. The number of aromatic nitrogens is 2. The van der Waals surface area contributed by atoms with E-state index in [0.29, 0.717) is 35.7 Å². The second kappa shape index (κ2) is 8.86. The summed E-state index contributed by atoms with van der Waals surface area (Å²) in [5.74, 6) is 1.66. The highest BCUT2D eigenvalue weighted by atomic mass is 35.5. The molecule has 0 amide bonds. The molecule has 1 atom stereocenters. The lowest BCUT2D eigenvalue weighted by molar-refractivity contribution is -0.141. The fourth-order valence-electron chi connectivity index (χ4n) is 3.18. The van der Waals surface area contributed by atoms with Crippen LogP contribution < -0.4 is 9.47 Å². The summed E-state index contributed by atoms with van der Waals surface area (Å²) in [6.07, 6.45) is -0.0460. The van der Waals surface area contributed by atoms with Gasteiger partial charge in [0.1, 0.15) is 24.2 Å². The van der Waals surface area contributed by atoms with Crippen LogP contribution in [0.5, 0.6) is 11.5 Å². The third kappa shape index (κ3) is 5.36. The number of ether oxygens (including phenoxy) is 4. The summed E-state index contributed by atoms with van der Waals surface area (Å²) in [6.45, 7) is 8.62. The van der Waals surface area contributed by atoms with E-state index >= 15 is 0 Å². The minimum absolute atomic E-state index is 0.0398. The molecule has 2 aromatic carbocycles. The van der Waals surface area contributed by atoms with Crippen molar-refractivity contribution in [1.82, 2.24) is 10.1 Å². The van der Waals surface area contributed by atoms with Gasteiger partial charge in [-0.05, 0) is 70.2 Å². The topological polar surface area (TPSA) is 75.8 Å². The fourth-order valence-corrected chi connectivity index (χ4v) is 3.40. The quantitative estimate of drug-likeness (QED) is 0.484. The molecule has 8 heteroatoms. The molecule has 1 aliphatic heterocycles. The molecule has 0 radical (unpaired) electrons. The molecule has 1 saturated heterocycles. The average molecular weight is 445 g/mol. The van der Waals surface area contributed by atoms with E-state index in [1.807, 2.05) is 58.0 Å². The zero-order valence-electron chi connectivity index (χ0n) is 17.9. The standard InChI is InChI=1S/C23H25ClN2O5/c1-14(2)29-20-10-7-16(11-19(20)24)21-25-22(31-26-21)15-5-8-17(9-6-15)27-12-18-13-28-23(3,4)30-18/h5-11,14,18H,12-13H2,1-4H3/t18-/m1/s1. The van der Waals surface area contributed by atoms with Gasteiger partial charge in [-0.3, -0.25) is 0 Å². The molecule has 1 aliphatic rings. The van der Waals surface area contributed by atoms with Gasteiger partial charge >= 0.3 is 0 Å². The highest BCUT2D eigenvalue weighted by Crippen LogP contribution is 2.31. The van der Waals surface area contributed by atoms with Crippen molar-refractivity contribution < 1.29 is 23.5 Å². The Morgan fingerprint density at radius 1 is 1.13 bits per heavy atom. The number of hydrogen-bond donors (Lipinski definition) is 0. The monoisotopic (exact) mass is 444 g/mol. The van der Waals surface area contributed by atoms with Crippen LogP contribution >= 0.6 is 11.6 Å². The summed E-state index contributed by atoms with van der Waals surface area (Å²) < 4.78 is 28.2. The number of hydrogen-bond acceptors (Lipinski definition) is 7. The highest BCUT2D eigenvalue weighted by molar-refractivity contribution is 6.32. The number of nitrogens with zero attached hydrogens (tertiary/aromatic N) is 2. The summed E-state index contributed by atoms with van der Waals surface area (Å²) in [5.41, 5.74) is 1.54. The fraction of sp³-hybridized carbons (Fsp3) is 0.391. The smallest absolute Gasteiger partial charge is 0.258 e. The molecule has 7 nitrogen and oxygen atoms in total. The molecule has 31 heavy (non-hydrogen) atoms. The summed E-state index contributed by atoms with van der Waals surface area (Å²) in [7, 11) is 0. The van der Waals surface area contributed by atoms with Crippen LogP contribution in [-0.2, 0) is 9.47 Å². The second-order valence-corrected chi connectivity index (χ2v) is 8.43. The van der Waals surface area contributed by atoms with E-state index in [-0.39, 0.29) is 12.2 Å². The number of rotatable bonds is 7. The summed E-state index contributed by atoms with van der Waals surface area (Å²) >= 11 is 6.32. The molecule has 4 rings (SSSR count). The van der Waals surface area contributed by atoms with Crippen LogP contribution in [0.2, 0.25) is 5.02 Å². The van der Waals surface area contributed by atoms with Gasteiger partial charge in [0, 0.05) is 11.1 Å². The lowest BCUT2D eigenvalue weighted by Gasteiger charge is -2.17. The van der Waals surface area contributed by atoms with Gasteiger partial charge in [0.25, 0.3) is 5.89 Å². The Hall–Kier alpha value is -2.61. The molecule has 2 heterocycles. The minimum Gasteiger partial charge on any atom is -0.491 e. The Bertz CT molecular complexity index is 1030. The Kier molecular flexibility index (Phi) is 6.18. The van der Waals surface area contributed by atoms with E-state index in [9.17, 15) is 0 Å². The third-order valence-electron chi connectivity index (χ3n) is 4.58. The first-order valence-corrected chi connectivity index (χ1v) is 10.5. The molecular weight excluding hydrogens is 420 g/mol. The number of halogens is 1. The molecule has 0 N–H and O–H groups in total. The van der Waals surface area contributed by atoms with Gasteiger partial charge < -0.3 is 23.5 Å². The van der Waals surface area contributed by atoms with Crippen molar-refractivity contribution >= 4 is 11.6 Å². The van der Waals surface area contributed by atoms with Crippen molar-refractivity contribution in [1.29, 1.82) is 0 Å². The van der Waals surface area contributed by atoms with Crippen molar-refractivity contribution in [2.24, 2.45) is 0 Å². The first-order valence-electron chi connectivity index (χ1n) is 10.1. The normalized spacial score (nSPS) is 17.8. The molecule has 0 bridgehead atoms. The van der Waals surface area contributed by atoms with Gasteiger partial charge in [-0.15, -0.1) is 0 Å². The summed E-state index contributed by atoms with van der Waals surface area (Å²) in [6, 6.07) is 12.9. The largest absolute Gasteiger partial charge is 0.491 e. The lowest BCUT2D eigenvalue weighted by atomic mass is 10.2. The molecule has 3 aromatic rings. The maximum Gasteiger partial charge on any atom is 0.258 e. The van der Waals surface area contributed by atoms with Crippen LogP contribution in [0.3, 0.4) is 0 Å². The zero-order valence-corrected chi connectivity index (χ0v) is 18.7. The van der Waals surface area contributed by atoms with Crippen molar-refractivity contribution in [3.05, 3.63) is 47.5 Å². The Labute approximate surface area is 186 Å². The van der Waals surface area contributed by atoms with Crippen molar-refractivity contribution in [2.45, 2.75) is 45.7 Å². The van der Waals surface area contributed by atoms with E-state index in [4.69, 9.17) is 35.1 Å². The Morgan fingerprint density at radius 3 is 2.52 bits per heavy atom. The minimum atomic E-state index is -0.556. The first kappa shape index (κ1) is 21.6. The van der Waals surface area contributed by atoms with Crippen molar-refractivity contribution in [3.63, 3.8) is 0 Å². The van der Waals surface area contributed by atoms with E-state index < -0.39 is 5.79 Å². The molecule has 0 unspecified atom stereocenters. The van der Waals surface area contributed by atoms with E-state index in [2.05, 4.69) is 10.1 Å². The second-order valence-electron chi connectivity index (χ2n) is 8.02. The molecular formula is C23H25ClN2O5. The van der Waals surface area contributed by atoms with E-state index in [1.54, 1.807) is 12.1 Å². The number of benzene rings is 2. The predicted octanol–water partition coefficient (Wildman–Crippen LogP) is 5.37. The van der Waals surface area contributed by atoms with Gasteiger partial charge in [-0.25, -0.2) is 0 Å². The Balaban J connectivity index is 1.40. The molecule has 0 spiro atoms. The molecule has 0 saturated carbocycles. The molecule has 164 valence electrons. The Morgan fingerprint density at radius 2 is 1.87 bits per heavy atom. The predicted molar refractivity (Wildman–Crippen MR) is 116 cm³/mol. The van der Waals surface area contributed by atoms with Crippen LogP contribution in [0.15, 0.2) is 47.0 Å². The SMILES string of the molecule is CC(C)Oc1ccc(-c2noc(-c3ccc(OC[C@@H]4COC(C)(C)O4)cc3)n2)cc1Cl. The van der Waals surface area contributed by atoms with E-state index in [1.165, 1.54) is 0 Å². The van der Waals surface area contributed by atoms with Crippen molar-refractivity contribution in [3.8, 4) is 34.3 Å². The van der Waals surface area contributed by atoms with E-state index in [0.717, 1.165) is 16.9 Å². The zero-order chi connectivity index (χ0) is 22.0. The van der Waals surface area contributed by atoms with Crippen LogP contribution in [0.1, 0.15) is 27.7 Å². The van der Waals surface area contributed by atoms with Gasteiger partial charge in [0.2, 0.25) is 5.82 Å². The van der Waals surface area contributed by atoms with Crippen LogP contribution in [0, 0.1) is 0 Å². The lowest BCUT2D eigenvalue weighted by Crippen LogP contribution is -2.25. The molecule has 0 aliphatic carbocycles.